The van der Waals surface area contributed by atoms with E-state index < -0.39 is 6.10 Å². The average Bonchev–Trinajstić information content (AvgIpc) is 2.95. The maximum atomic E-state index is 12.5. The molecule has 6 nitrogen and oxygen atoms in total. The van der Waals surface area contributed by atoms with Crippen molar-refractivity contribution in [3.63, 3.8) is 0 Å². The molecule has 1 N–H and O–H groups in total. The molecule has 1 saturated heterocycles. The lowest BCUT2D eigenvalue weighted by molar-refractivity contribution is 0.0766. The van der Waals surface area contributed by atoms with E-state index in [1.54, 1.807) is 17.9 Å². The zero-order chi connectivity index (χ0) is 13.6. The van der Waals surface area contributed by atoms with Crippen LogP contribution in [0.4, 0.5) is 0 Å². The third-order valence-corrected chi connectivity index (χ3v) is 3.43. The minimum atomic E-state index is -0.425. The summed E-state index contributed by atoms with van der Waals surface area (Å²) in [5.41, 5.74) is 2.31. The Kier molecular flexibility index (Phi) is 2.74. The van der Waals surface area contributed by atoms with Crippen molar-refractivity contribution < 1.29 is 14.4 Å². The summed E-state index contributed by atoms with van der Waals surface area (Å²) in [6, 6.07) is 1.75. The lowest BCUT2D eigenvalue weighted by Gasteiger charge is -2.16. The first-order valence-electron chi connectivity index (χ1n) is 6.27. The number of amides is 1. The Morgan fingerprint density at radius 2 is 2.32 bits per heavy atom. The number of rotatable bonds is 1. The highest BCUT2D eigenvalue weighted by atomic mass is 16.5. The molecule has 0 radical (unpaired) electrons. The van der Waals surface area contributed by atoms with E-state index in [9.17, 15) is 9.90 Å². The number of nitrogens with zero attached hydrogens (tertiary/aromatic N) is 3. The SMILES string of the molecule is Cc1cc(C(=O)N2CCC(O)C2)c2c(C)noc2n1. The summed E-state index contributed by atoms with van der Waals surface area (Å²) in [5, 5.41) is 14.1. The molecule has 1 aliphatic heterocycles. The molecule has 0 aliphatic carbocycles. The Balaban J connectivity index is 2.08. The summed E-state index contributed by atoms with van der Waals surface area (Å²) in [4.78, 5) is 18.4. The van der Waals surface area contributed by atoms with Crippen LogP contribution in [0.5, 0.6) is 0 Å². The van der Waals surface area contributed by atoms with Gasteiger partial charge < -0.3 is 14.5 Å². The maximum absolute atomic E-state index is 12.5. The van der Waals surface area contributed by atoms with Crippen molar-refractivity contribution in [2.24, 2.45) is 0 Å². The molecule has 1 aliphatic rings. The fourth-order valence-corrected chi connectivity index (χ4v) is 2.48. The first kappa shape index (κ1) is 12.1. The smallest absolute Gasteiger partial charge is 0.258 e. The number of β-amino-alcohol motifs (C(OH)–C–C–N with tert-alkyl or cyclic N) is 1. The van der Waals surface area contributed by atoms with Crippen LogP contribution in [0.3, 0.4) is 0 Å². The van der Waals surface area contributed by atoms with Crippen LogP contribution in [0.1, 0.15) is 28.2 Å². The van der Waals surface area contributed by atoms with Crippen LogP contribution in [-0.2, 0) is 0 Å². The Labute approximate surface area is 110 Å². The molecule has 6 heteroatoms. The van der Waals surface area contributed by atoms with E-state index in [4.69, 9.17) is 4.52 Å². The quantitative estimate of drug-likeness (QED) is 0.830. The number of aromatic nitrogens is 2. The maximum Gasteiger partial charge on any atom is 0.258 e. The van der Waals surface area contributed by atoms with Gasteiger partial charge in [0.15, 0.2) is 0 Å². The summed E-state index contributed by atoms with van der Waals surface area (Å²) in [7, 11) is 0. The number of carbonyl (C=O) groups excluding carboxylic acids is 1. The van der Waals surface area contributed by atoms with Gasteiger partial charge in [-0.05, 0) is 26.3 Å². The Morgan fingerprint density at radius 1 is 1.53 bits per heavy atom. The predicted molar refractivity (Wildman–Crippen MR) is 67.8 cm³/mol. The minimum Gasteiger partial charge on any atom is -0.391 e. The monoisotopic (exact) mass is 261 g/mol. The van der Waals surface area contributed by atoms with E-state index in [1.807, 2.05) is 6.92 Å². The van der Waals surface area contributed by atoms with Crippen LogP contribution in [-0.4, -0.2) is 45.2 Å². The van der Waals surface area contributed by atoms with E-state index in [0.29, 0.717) is 47.6 Å². The van der Waals surface area contributed by atoms with Crippen LogP contribution in [0, 0.1) is 13.8 Å². The molecule has 1 amide bonds. The topological polar surface area (TPSA) is 79.5 Å². The van der Waals surface area contributed by atoms with E-state index >= 15 is 0 Å². The first-order chi connectivity index (χ1) is 9.06. The molecular formula is C13H15N3O3. The minimum absolute atomic E-state index is 0.0987. The summed E-state index contributed by atoms with van der Waals surface area (Å²) in [6.45, 7) is 4.56. The molecule has 0 saturated carbocycles. The van der Waals surface area contributed by atoms with Crippen LogP contribution >= 0.6 is 0 Å². The fourth-order valence-electron chi connectivity index (χ4n) is 2.48. The number of aliphatic hydroxyl groups is 1. The van der Waals surface area contributed by atoms with E-state index in [0.717, 1.165) is 0 Å². The molecule has 100 valence electrons. The molecule has 19 heavy (non-hydrogen) atoms. The molecule has 2 aromatic heterocycles. The van der Waals surface area contributed by atoms with Gasteiger partial charge in [0.25, 0.3) is 11.6 Å². The van der Waals surface area contributed by atoms with E-state index in [2.05, 4.69) is 10.1 Å². The van der Waals surface area contributed by atoms with Crippen molar-refractivity contribution in [1.82, 2.24) is 15.0 Å². The molecule has 0 aromatic carbocycles. The number of aliphatic hydroxyl groups excluding tert-OH is 1. The highest BCUT2D eigenvalue weighted by molar-refractivity contribution is 6.06. The van der Waals surface area contributed by atoms with Gasteiger partial charge in [0, 0.05) is 18.8 Å². The molecule has 3 rings (SSSR count). The van der Waals surface area contributed by atoms with Crippen molar-refractivity contribution in [3.05, 3.63) is 23.0 Å². The Hall–Kier alpha value is -1.95. The predicted octanol–water partition coefficient (Wildman–Crippen LogP) is 1.05. The van der Waals surface area contributed by atoms with Gasteiger partial charge >= 0.3 is 0 Å². The van der Waals surface area contributed by atoms with Gasteiger partial charge in [0.1, 0.15) is 0 Å². The zero-order valence-electron chi connectivity index (χ0n) is 10.9. The molecule has 3 heterocycles. The second-order valence-electron chi connectivity index (χ2n) is 4.95. The third-order valence-electron chi connectivity index (χ3n) is 3.43. The fraction of sp³-hybridized carbons (Fsp3) is 0.462. The van der Waals surface area contributed by atoms with Crippen LogP contribution in [0.2, 0.25) is 0 Å². The van der Waals surface area contributed by atoms with Gasteiger partial charge in [-0.2, -0.15) is 0 Å². The lowest BCUT2D eigenvalue weighted by atomic mass is 10.1. The lowest BCUT2D eigenvalue weighted by Crippen LogP contribution is -2.29. The van der Waals surface area contributed by atoms with Gasteiger partial charge in [-0.25, -0.2) is 4.98 Å². The van der Waals surface area contributed by atoms with Crippen molar-refractivity contribution in [3.8, 4) is 0 Å². The number of pyridine rings is 1. The number of hydrogen-bond acceptors (Lipinski definition) is 5. The standard InChI is InChI=1S/C13H15N3O3/c1-7-5-10(11-8(2)15-19-12(11)14-7)13(18)16-4-3-9(17)6-16/h5,9,17H,3-4,6H2,1-2H3. The molecule has 1 unspecified atom stereocenters. The number of carbonyl (C=O) groups is 1. The highest BCUT2D eigenvalue weighted by Gasteiger charge is 2.28. The van der Waals surface area contributed by atoms with Crippen molar-refractivity contribution in [2.75, 3.05) is 13.1 Å². The van der Waals surface area contributed by atoms with Crippen molar-refractivity contribution >= 4 is 17.0 Å². The van der Waals surface area contributed by atoms with Gasteiger partial charge in [-0.15, -0.1) is 0 Å². The highest BCUT2D eigenvalue weighted by Crippen LogP contribution is 2.24. The normalized spacial score (nSPS) is 19.3. The Bertz CT molecular complexity index is 650. The largest absolute Gasteiger partial charge is 0.391 e. The van der Waals surface area contributed by atoms with E-state index in [1.165, 1.54) is 0 Å². The number of likely N-dealkylation sites (tertiary alicyclic amines) is 1. The van der Waals surface area contributed by atoms with E-state index in [-0.39, 0.29) is 5.91 Å². The first-order valence-corrected chi connectivity index (χ1v) is 6.27. The van der Waals surface area contributed by atoms with Crippen LogP contribution in [0.25, 0.3) is 11.1 Å². The molecule has 1 atom stereocenters. The van der Waals surface area contributed by atoms with Crippen LogP contribution < -0.4 is 0 Å². The summed E-state index contributed by atoms with van der Waals surface area (Å²) in [6.07, 6.45) is 0.202. The Morgan fingerprint density at radius 3 is 3.00 bits per heavy atom. The second kappa shape index (κ2) is 4.31. The van der Waals surface area contributed by atoms with Crippen molar-refractivity contribution in [2.45, 2.75) is 26.4 Å². The van der Waals surface area contributed by atoms with Gasteiger partial charge in [-0.3, -0.25) is 4.79 Å². The molecule has 1 fully saturated rings. The number of fused-ring (bicyclic) bond motifs is 1. The molecule has 0 bridgehead atoms. The van der Waals surface area contributed by atoms with Gasteiger partial charge in [0.2, 0.25) is 0 Å². The molecular weight excluding hydrogens is 246 g/mol. The second-order valence-corrected chi connectivity index (χ2v) is 4.95. The van der Waals surface area contributed by atoms with Gasteiger partial charge in [0.05, 0.1) is 22.7 Å². The van der Waals surface area contributed by atoms with Gasteiger partial charge in [-0.1, -0.05) is 5.16 Å². The zero-order valence-corrected chi connectivity index (χ0v) is 10.9. The molecule has 0 spiro atoms. The van der Waals surface area contributed by atoms with Crippen molar-refractivity contribution in [1.29, 1.82) is 0 Å². The molecule has 2 aromatic rings. The number of aryl methyl sites for hydroxylation is 2. The third kappa shape index (κ3) is 1.98. The number of hydrogen-bond donors (Lipinski definition) is 1. The average molecular weight is 261 g/mol. The summed E-state index contributed by atoms with van der Waals surface area (Å²) >= 11 is 0. The van der Waals surface area contributed by atoms with Crippen LogP contribution in [0.15, 0.2) is 10.6 Å². The summed E-state index contributed by atoms with van der Waals surface area (Å²) in [5.74, 6) is -0.0987. The summed E-state index contributed by atoms with van der Waals surface area (Å²) < 4.78 is 5.12.